The molecule has 8 nitrogen and oxygen atoms in total. The summed E-state index contributed by atoms with van der Waals surface area (Å²) in [4.78, 5) is 29.1. The van der Waals surface area contributed by atoms with Crippen molar-refractivity contribution in [2.45, 2.75) is 20.0 Å². The fraction of sp³-hybridized carbons (Fsp3) is 0.174. The van der Waals surface area contributed by atoms with E-state index in [1.54, 1.807) is 18.2 Å². The predicted octanol–water partition coefficient (Wildman–Crippen LogP) is 5.61. The first-order valence-corrected chi connectivity index (χ1v) is 10.4. The van der Waals surface area contributed by atoms with Crippen LogP contribution < -0.4 is 15.4 Å². The number of ether oxygens (including phenoxy) is 1. The number of alkyl halides is 3. The molecule has 0 saturated heterocycles. The lowest BCUT2D eigenvalue weighted by molar-refractivity contribution is -0.112. The third-order valence-corrected chi connectivity index (χ3v) is 5.20. The Morgan fingerprint density at radius 3 is 2.63 bits per heavy atom. The topological polar surface area (TPSA) is 102 Å². The van der Waals surface area contributed by atoms with E-state index in [0.717, 1.165) is 24.6 Å². The Morgan fingerprint density at radius 1 is 1.20 bits per heavy atom. The minimum Gasteiger partial charge on any atom is -0.467 e. The van der Waals surface area contributed by atoms with Gasteiger partial charge in [0.1, 0.15) is 17.4 Å². The number of amides is 1. The molecule has 1 amide bonds. The molecular formula is C23H20ClF3N6O2. The number of nitrogens with zero attached hydrogens (tertiary/aromatic N) is 4. The number of hydrogen-bond donors (Lipinski definition) is 2. The van der Waals surface area contributed by atoms with Gasteiger partial charge in [-0.15, -0.1) is 0 Å². The lowest BCUT2D eigenvalue weighted by Gasteiger charge is -2.13. The van der Waals surface area contributed by atoms with E-state index in [1.165, 1.54) is 19.6 Å². The molecule has 3 rings (SSSR count). The number of halogens is 4. The van der Waals surface area contributed by atoms with Gasteiger partial charge in [0.2, 0.25) is 0 Å². The lowest BCUT2D eigenvalue weighted by atomic mass is 10.1. The molecule has 12 heteroatoms. The maximum absolute atomic E-state index is 12.7. The first kappa shape index (κ1) is 25.6. The maximum Gasteiger partial charge on any atom is 0.413 e. The minimum absolute atomic E-state index is 0.0844. The number of fused-ring (bicyclic) bond motifs is 1. The van der Waals surface area contributed by atoms with Crippen LogP contribution in [0, 0.1) is 6.92 Å². The summed E-state index contributed by atoms with van der Waals surface area (Å²) in [6.07, 6.45) is 0.389. The monoisotopic (exact) mass is 504 g/mol. The Hall–Kier alpha value is -3.99. The number of carbonyl (C=O) groups excluding carboxylic acids is 1. The number of allylic oxidation sites excluding steroid dienone is 3. The third-order valence-electron chi connectivity index (χ3n) is 4.79. The van der Waals surface area contributed by atoms with E-state index in [4.69, 9.17) is 16.3 Å². The molecule has 35 heavy (non-hydrogen) atoms. The number of aryl methyl sites for hydroxylation is 1. The number of benzene rings is 1. The lowest BCUT2D eigenvalue weighted by Crippen LogP contribution is -2.13. The van der Waals surface area contributed by atoms with Crippen molar-refractivity contribution in [3.05, 3.63) is 71.2 Å². The van der Waals surface area contributed by atoms with Crippen molar-refractivity contribution >= 4 is 45.7 Å². The second-order valence-electron chi connectivity index (χ2n) is 7.25. The highest BCUT2D eigenvalue weighted by Crippen LogP contribution is 2.30. The molecule has 182 valence electrons. The third kappa shape index (κ3) is 6.33. The van der Waals surface area contributed by atoms with Gasteiger partial charge in [-0.25, -0.2) is 15.0 Å². The summed E-state index contributed by atoms with van der Waals surface area (Å²) in [6, 6.07) is 5.25. The first-order valence-electron chi connectivity index (χ1n) is 10.0. The van der Waals surface area contributed by atoms with Gasteiger partial charge < -0.3 is 15.4 Å². The molecule has 0 atom stereocenters. The molecule has 0 aliphatic carbocycles. The van der Waals surface area contributed by atoms with Crippen LogP contribution in [0.4, 0.5) is 30.4 Å². The number of nitrogens with one attached hydrogen (secondary N) is 2. The molecule has 2 aromatic heterocycles. The average Bonchev–Trinajstić information content (AvgIpc) is 2.83. The van der Waals surface area contributed by atoms with Gasteiger partial charge in [0.25, 0.3) is 5.91 Å². The summed E-state index contributed by atoms with van der Waals surface area (Å²) in [7, 11) is 1.44. The van der Waals surface area contributed by atoms with Gasteiger partial charge in [0.15, 0.2) is 5.82 Å². The summed E-state index contributed by atoms with van der Waals surface area (Å²) < 4.78 is 43.2. The molecule has 2 N–H and O–H groups in total. The van der Waals surface area contributed by atoms with E-state index in [0.29, 0.717) is 28.2 Å². The largest absolute Gasteiger partial charge is 0.467 e. The van der Waals surface area contributed by atoms with Crippen LogP contribution >= 0.6 is 11.6 Å². The quantitative estimate of drug-likeness (QED) is 0.318. The smallest absolute Gasteiger partial charge is 0.413 e. The van der Waals surface area contributed by atoms with Crippen LogP contribution in [0.3, 0.4) is 0 Å². The average molecular weight is 505 g/mol. The Kier molecular flexibility index (Phi) is 7.70. The molecule has 0 bridgehead atoms. The van der Waals surface area contributed by atoms with E-state index < -0.39 is 22.7 Å². The zero-order valence-corrected chi connectivity index (χ0v) is 19.6. The van der Waals surface area contributed by atoms with Gasteiger partial charge in [-0.05, 0) is 43.7 Å². The van der Waals surface area contributed by atoms with Gasteiger partial charge >= 0.3 is 12.2 Å². The molecule has 3 aromatic rings. The molecule has 2 heterocycles. The maximum atomic E-state index is 12.7. The van der Waals surface area contributed by atoms with E-state index in [2.05, 4.69) is 37.1 Å². The Labute approximate surface area is 203 Å². The summed E-state index contributed by atoms with van der Waals surface area (Å²) >= 11 is 5.67. The standard InChI is InChI=1S/C23H20ClF3N6O2/c1-12-5-7-15(31-21(34)13(2)6-8-16(24)14(3)23(25,26)27)9-17(12)32-20-19-18(29-11-30-20)10-28-22(33-19)35-4/h5-11H,2H2,1,3-4H3,(H,31,34)(H,29,30,32)/b8-6-,16-14-. The number of anilines is 3. The highest BCUT2D eigenvalue weighted by atomic mass is 35.5. The van der Waals surface area contributed by atoms with Crippen molar-refractivity contribution in [3.8, 4) is 6.01 Å². The molecule has 0 aliphatic rings. The highest BCUT2D eigenvalue weighted by Gasteiger charge is 2.31. The predicted molar refractivity (Wildman–Crippen MR) is 128 cm³/mol. The number of aromatic nitrogens is 4. The van der Waals surface area contributed by atoms with E-state index in [1.807, 2.05) is 6.92 Å². The van der Waals surface area contributed by atoms with Crippen LogP contribution in [0.1, 0.15) is 12.5 Å². The van der Waals surface area contributed by atoms with E-state index >= 15 is 0 Å². The van der Waals surface area contributed by atoms with Crippen LogP contribution in [0.2, 0.25) is 0 Å². The second kappa shape index (κ2) is 10.5. The number of methoxy groups -OCH3 is 1. The minimum atomic E-state index is -4.57. The molecular weight excluding hydrogens is 485 g/mol. The first-order chi connectivity index (χ1) is 16.5. The van der Waals surface area contributed by atoms with Gasteiger partial charge in [-0.1, -0.05) is 24.2 Å². The molecule has 0 unspecified atom stereocenters. The van der Waals surface area contributed by atoms with Gasteiger partial charge in [0.05, 0.1) is 13.3 Å². The van der Waals surface area contributed by atoms with Crippen molar-refractivity contribution in [1.82, 2.24) is 19.9 Å². The highest BCUT2D eigenvalue weighted by molar-refractivity contribution is 6.31. The van der Waals surface area contributed by atoms with Crippen LogP contribution in [0.25, 0.3) is 11.0 Å². The molecule has 0 saturated carbocycles. The molecule has 0 aliphatic heterocycles. The molecule has 0 radical (unpaired) electrons. The van der Waals surface area contributed by atoms with Crippen molar-refractivity contribution < 1.29 is 22.7 Å². The second-order valence-corrected chi connectivity index (χ2v) is 7.66. The summed E-state index contributed by atoms with van der Waals surface area (Å²) in [5.41, 5.74) is 1.75. The Bertz CT molecular complexity index is 1350. The zero-order valence-electron chi connectivity index (χ0n) is 18.9. The van der Waals surface area contributed by atoms with Gasteiger partial charge in [-0.3, -0.25) is 4.79 Å². The van der Waals surface area contributed by atoms with E-state index in [9.17, 15) is 18.0 Å². The Balaban J connectivity index is 1.79. The molecule has 1 aromatic carbocycles. The van der Waals surface area contributed by atoms with Crippen LogP contribution in [-0.4, -0.2) is 39.1 Å². The fourth-order valence-corrected chi connectivity index (χ4v) is 2.88. The van der Waals surface area contributed by atoms with Gasteiger partial charge in [-0.2, -0.15) is 18.2 Å². The number of rotatable bonds is 7. The van der Waals surface area contributed by atoms with Crippen molar-refractivity contribution in [3.63, 3.8) is 0 Å². The Morgan fingerprint density at radius 2 is 1.94 bits per heavy atom. The summed E-state index contributed by atoms with van der Waals surface area (Å²) in [5.74, 6) is -0.216. The van der Waals surface area contributed by atoms with Crippen molar-refractivity contribution in [2.24, 2.45) is 0 Å². The van der Waals surface area contributed by atoms with Gasteiger partial charge in [0, 0.05) is 27.6 Å². The SMILES string of the molecule is C=C(/C=C\C(Cl)=C(/C)C(F)(F)F)C(=O)Nc1ccc(C)c(Nc2ncnc3cnc(OC)nc23)c1. The number of hydrogen-bond acceptors (Lipinski definition) is 7. The van der Waals surface area contributed by atoms with Crippen LogP contribution in [0.5, 0.6) is 6.01 Å². The van der Waals surface area contributed by atoms with Crippen LogP contribution in [0.15, 0.2) is 65.6 Å². The molecule has 0 spiro atoms. The van der Waals surface area contributed by atoms with Crippen molar-refractivity contribution in [2.75, 3.05) is 17.7 Å². The zero-order chi connectivity index (χ0) is 25.8. The summed E-state index contributed by atoms with van der Waals surface area (Å²) in [6.45, 7) is 6.28. The molecule has 0 fully saturated rings. The van der Waals surface area contributed by atoms with E-state index in [-0.39, 0.29) is 11.6 Å². The summed E-state index contributed by atoms with van der Waals surface area (Å²) in [5, 5.41) is 5.27. The van der Waals surface area contributed by atoms with Crippen LogP contribution in [-0.2, 0) is 4.79 Å². The number of carbonyl (C=O) groups is 1. The fourth-order valence-electron chi connectivity index (χ4n) is 2.71. The normalized spacial score (nSPS) is 12.4. The van der Waals surface area contributed by atoms with Crippen molar-refractivity contribution in [1.29, 1.82) is 0 Å².